The molecule has 3 heteroatoms. The summed E-state index contributed by atoms with van der Waals surface area (Å²) in [4.78, 5) is 0. The summed E-state index contributed by atoms with van der Waals surface area (Å²) < 4.78 is 5.78. The largest absolute Gasteiger partial charge is 0.511 e. The van der Waals surface area contributed by atoms with E-state index in [4.69, 9.17) is 4.74 Å². The molecule has 0 spiro atoms. The van der Waals surface area contributed by atoms with Crippen LogP contribution in [0.1, 0.15) is 25.0 Å². The molecule has 0 fully saturated rings. The Morgan fingerprint density at radius 1 is 1.04 bits per heavy atom. The normalized spacial score (nSPS) is 12.1. The minimum atomic E-state index is -0.133. The summed E-state index contributed by atoms with van der Waals surface area (Å²) in [5.41, 5.74) is 2.28. The highest BCUT2D eigenvalue weighted by Gasteiger charge is 2.13. The molecule has 0 radical (unpaired) electrons. The average molecular weight is 311 g/mol. The molecule has 2 aromatic carbocycles. The molecule has 0 aliphatic rings. The van der Waals surface area contributed by atoms with Crippen LogP contribution in [0.15, 0.2) is 66.9 Å². The Bertz CT molecular complexity index is 605. The van der Waals surface area contributed by atoms with E-state index in [-0.39, 0.29) is 17.8 Å². The lowest BCUT2D eigenvalue weighted by Gasteiger charge is -2.20. The zero-order valence-corrected chi connectivity index (χ0v) is 13.8. The first-order valence-electron chi connectivity index (χ1n) is 7.94. The summed E-state index contributed by atoms with van der Waals surface area (Å²) in [6.45, 7) is 8.32. The number of rotatable bonds is 8. The van der Waals surface area contributed by atoms with Crippen molar-refractivity contribution in [2.45, 2.75) is 39.0 Å². The van der Waals surface area contributed by atoms with Crippen LogP contribution in [-0.2, 0) is 13.0 Å². The molecule has 0 aliphatic carbocycles. The molecule has 23 heavy (non-hydrogen) atoms. The van der Waals surface area contributed by atoms with E-state index in [9.17, 15) is 5.11 Å². The minimum Gasteiger partial charge on any atom is -0.511 e. The van der Waals surface area contributed by atoms with Gasteiger partial charge < -0.3 is 15.2 Å². The quantitative estimate of drug-likeness (QED) is 0.716. The Morgan fingerprint density at radius 2 is 1.70 bits per heavy atom. The average Bonchev–Trinajstić information content (AvgIpc) is 2.54. The predicted octanol–water partition coefficient (Wildman–Crippen LogP) is 4.25. The molecule has 2 aromatic rings. The van der Waals surface area contributed by atoms with Gasteiger partial charge in [0.15, 0.2) is 0 Å². The lowest BCUT2D eigenvalue weighted by Crippen LogP contribution is -2.37. The third kappa shape index (κ3) is 5.80. The van der Waals surface area contributed by atoms with E-state index in [1.807, 2.05) is 54.6 Å². The number of nitrogens with one attached hydrogen (secondary N) is 1. The van der Waals surface area contributed by atoms with Crippen molar-refractivity contribution in [3.05, 3.63) is 78.1 Å². The van der Waals surface area contributed by atoms with E-state index < -0.39 is 0 Å². The molecule has 0 aromatic heterocycles. The van der Waals surface area contributed by atoms with E-state index in [1.165, 1.54) is 0 Å². The molecule has 1 unspecified atom stereocenters. The molecule has 0 amide bonds. The van der Waals surface area contributed by atoms with E-state index >= 15 is 0 Å². The van der Waals surface area contributed by atoms with Crippen molar-refractivity contribution in [2.75, 3.05) is 0 Å². The zero-order valence-electron chi connectivity index (χ0n) is 13.8. The van der Waals surface area contributed by atoms with Gasteiger partial charge in [-0.05, 0) is 29.7 Å². The fourth-order valence-electron chi connectivity index (χ4n) is 2.37. The standard InChI is InChI=1S/C20H25NO2/c1-15(2)21-20(16(3)22)13-17-9-11-19(12-10-17)23-14-18-7-5-4-6-8-18/h4-12,15,20-22H,3,13-14H2,1-2H3. The molecular formula is C20H25NO2. The maximum Gasteiger partial charge on any atom is 0.119 e. The van der Waals surface area contributed by atoms with Crippen LogP contribution in [0.2, 0.25) is 0 Å². The smallest absolute Gasteiger partial charge is 0.119 e. The SMILES string of the molecule is C=C(O)C(Cc1ccc(OCc2ccccc2)cc1)NC(C)C. The van der Waals surface area contributed by atoms with Crippen molar-refractivity contribution in [3.63, 3.8) is 0 Å². The second-order valence-corrected chi connectivity index (χ2v) is 5.99. The van der Waals surface area contributed by atoms with Gasteiger partial charge in [-0.15, -0.1) is 0 Å². The van der Waals surface area contributed by atoms with Crippen LogP contribution in [0.3, 0.4) is 0 Å². The predicted molar refractivity (Wildman–Crippen MR) is 94.7 cm³/mol. The summed E-state index contributed by atoms with van der Waals surface area (Å²) >= 11 is 0. The van der Waals surface area contributed by atoms with E-state index in [2.05, 4.69) is 25.7 Å². The second-order valence-electron chi connectivity index (χ2n) is 5.99. The van der Waals surface area contributed by atoms with Crippen LogP contribution in [0.25, 0.3) is 0 Å². The highest BCUT2D eigenvalue weighted by molar-refractivity contribution is 5.29. The lowest BCUT2D eigenvalue weighted by atomic mass is 10.0. The van der Waals surface area contributed by atoms with Crippen molar-refractivity contribution in [1.82, 2.24) is 5.32 Å². The molecule has 2 rings (SSSR count). The first kappa shape index (κ1) is 17.1. The Labute approximate surface area is 138 Å². The van der Waals surface area contributed by atoms with Gasteiger partial charge in [0, 0.05) is 6.04 Å². The molecule has 0 bridgehead atoms. The minimum absolute atomic E-state index is 0.133. The number of aliphatic hydroxyl groups excluding tert-OH is 1. The third-order valence-corrected chi connectivity index (χ3v) is 3.55. The lowest BCUT2D eigenvalue weighted by molar-refractivity contribution is 0.306. The van der Waals surface area contributed by atoms with Gasteiger partial charge in [0.05, 0.1) is 6.04 Å². The zero-order chi connectivity index (χ0) is 16.7. The van der Waals surface area contributed by atoms with Gasteiger partial charge in [-0.25, -0.2) is 0 Å². The molecule has 1 atom stereocenters. The Kier molecular flexibility index (Phi) is 6.24. The van der Waals surface area contributed by atoms with Crippen molar-refractivity contribution >= 4 is 0 Å². The summed E-state index contributed by atoms with van der Waals surface area (Å²) in [5.74, 6) is 1.01. The maximum atomic E-state index is 9.71. The summed E-state index contributed by atoms with van der Waals surface area (Å²) in [6.07, 6.45) is 0.701. The van der Waals surface area contributed by atoms with Crippen molar-refractivity contribution < 1.29 is 9.84 Å². The van der Waals surface area contributed by atoms with E-state index in [1.54, 1.807) is 0 Å². The fourth-order valence-corrected chi connectivity index (χ4v) is 2.37. The Balaban J connectivity index is 1.92. The molecule has 2 N–H and O–H groups in total. The van der Waals surface area contributed by atoms with Crippen molar-refractivity contribution in [3.8, 4) is 5.75 Å². The van der Waals surface area contributed by atoms with Crippen LogP contribution in [0, 0.1) is 0 Å². The first-order valence-corrected chi connectivity index (χ1v) is 7.94. The summed E-state index contributed by atoms with van der Waals surface area (Å²) in [7, 11) is 0. The highest BCUT2D eigenvalue weighted by Crippen LogP contribution is 2.16. The molecule has 0 saturated carbocycles. The van der Waals surface area contributed by atoms with Gasteiger partial charge in [0.2, 0.25) is 0 Å². The Morgan fingerprint density at radius 3 is 2.26 bits per heavy atom. The number of hydrogen-bond donors (Lipinski definition) is 2. The van der Waals surface area contributed by atoms with Crippen molar-refractivity contribution in [1.29, 1.82) is 0 Å². The van der Waals surface area contributed by atoms with Crippen LogP contribution < -0.4 is 10.1 Å². The van der Waals surface area contributed by atoms with Gasteiger partial charge in [-0.2, -0.15) is 0 Å². The Hall–Kier alpha value is -2.26. The number of aliphatic hydroxyl groups is 1. The molecule has 0 saturated heterocycles. The van der Waals surface area contributed by atoms with Gasteiger partial charge in [0.1, 0.15) is 18.1 Å². The third-order valence-electron chi connectivity index (χ3n) is 3.55. The van der Waals surface area contributed by atoms with Crippen LogP contribution in [0.5, 0.6) is 5.75 Å². The second kappa shape index (κ2) is 8.39. The van der Waals surface area contributed by atoms with Crippen molar-refractivity contribution in [2.24, 2.45) is 0 Å². The van der Waals surface area contributed by atoms with Gasteiger partial charge in [-0.1, -0.05) is 62.9 Å². The van der Waals surface area contributed by atoms with Gasteiger partial charge in [0.25, 0.3) is 0 Å². The van der Waals surface area contributed by atoms with Gasteiger partial charge >= 0.3 is 0 Å². The highest BCUT2D eigenvalue weighted by atomic mass is 16.5. The molecule has 0 heterocycles. The number of ether oxygens (including phenoxy) is 1. The first-order chi connectivity index (χ1) is 11.0. The summed E-state index contributed by atoms with van der Waals surface area (Å²) in [5, 5.41) is 13.0. The van der Waals surface area contributed by atoms with Crippen LogP contribution in [0.4, 0.5) is 0 Å². The fraction of sp³-hybridized carbons (Fsp3) is 0.300. The number of benzene rings is 2. The molecule has 122 valence electrons. The number of hydrogen-bond acceptors (Lipinski definition) is 3. The van der Waals surface area contributed by atoms with Crippen LogP contribution in [-0.4, -0.2) is 17.2 Å². The molecule has 0 aliphatic heterocycles. The van der Waals surface area contributed by atoms with Crippen LogP contribution >= 0.6 is 0 Å². The van der Waals surface area contributed by atoms with E-state index in [0.29, 0.717) is 13.0 Å². The summed E-state index contributed by atoms with van der Waals surface area (Å²) in [6, 6.07) is 18.2. The molecular weight excluding hydrogens is 286 g/mol. The van der Waals surface area contributed by atoms with Gasteiger partial charge in [-0.3, -0.25) is 0 Å². The molecule has 3 nitrogen and oxygen atoms in total. The monoisotopic (exact) mass is 311 g/mol. The topological polar surface area (TPSA) is 41.5 Å². The maximum absolute atomic E-state index is 9.71. The van der Waals surface area contributed by atoms with E-state index in [0.717, 1.165) is 16.9 Å².